The second kappa shape index (κ2) is 4.31. The number of rotatable bonds is 3. The van der Waals surface area contributed by atoms with Gasteiger partial charge in [0.1, 0.15) is 6.34 Å². The van der Waals surface area contributed by atoms with E-state index in [0.29, 0.717) is 5.69 Å². The summed E-state index contributed by atoms with van der Waals surface area (Å²) < 4.78 is 26.7. The van der Waals surface area contributed by atoms with Gasteiger partial charge in [-0.15, -0.1) is 4.40 Å². The fraction of sp³-hybridized carbons (Fsp3) is 0.222. The van der Waals surface area contributed by atoms with E-state index in [-0.39, 0.29) is 4.90 Å². The third-order valence-corrected chi connectivity index (χ3v) is 2.83. The van der Waals surface area contributed by atoms with Gasteiger partial charge in [0.15, 0.2) is 0 Å². The summed E-state index contributed by atoms with van der Waals surface area (Å²) in [5.41, 5.74) is 5.97. The summed E-state index contributed by atoms with van der Waals surface area (Å²) in [6.07, 6.45) is 1.24. The zero-order valence-electron chi connectivity index (χ0n) is 8.58. The van der Waals surface area contributed by atoms with Gasteiger partial charge in [0.25, 0.3) is 10.0 Å². The molecule has 5 nitrogen and oxygen atoms in total. The van der Waals surface area contributed by atoms with Crippen molar-refractivity contribution in [2.24, 2.45) is 4.40 Å². The topological polar surface area (TPSA) is 75.8 Å². The standard InChI is InChI=1S/C9H13N3O2S/c1-12(2)7-11-15(13,14)9-5-3-8(10)4-6-9/h3-7H,10H2,1-2H3. The molecule has 1 aromatic rings. The van der Waals surface area contributed by atoms with E-state index in [1.165, 1.54) is 30.6 Å². The van der Waals surface area contributed by atoms with Gasteiger partial charge < -0.3 is 10.6 Å². The number of hydrogen-bond donors (Lipinski definition) is 1. The molecule has 1 aromatic carbocycles. The minimum Gasteiger partial charge on any atom is -0.399 e. The molecule has 0 aliphatic carbocycles. The first-order chi connectivity index (χ1) is 6.92. The van der Waals surface area contributed by atoms with Gasteiger partial charge >= 0.3 is 0 Å². The molecule has 0 aliphatic rings. The number of sulfonamides is 1. The highest BCUT2D eigenvalue weighted by Gasteiger charge is 2.10. The van der Waals surface area contributed by atoms with Gasteiger partial charge in [-0.25, -0.2) is 0 Å². The highest BCUT2D eigenvalue weighted by Crippen LogP contribution is 2.13. The van der Waals surface area contributed by atoms with Crippen molar-refractivity contribution in [2.45, 2.75) is 4.90 Å². The lowest BCUT2D eigenvalue weighted by atomic mass is 10.3. The van der Waals surface area contributed by atoms with Crippen LogP contribution in [0, 0.1) is 0 Å². The predicted octanol–water partition coefficient (Wildman–Crippen LogP) is 0.547. The van der Waals surface area contributed by atoms with Gasteiger partial charge in [-0.3, -0.25) is 0 Å². The molecule has 0 fully saturated rings. The number of nitrogen functional groups attached to an aromatic ring is 1. The largest absolute Gasteiger partial charge is 0.399 e. The van der Waals surface area contributed by atoms with Gasteiger partial charge in [0, 0.05) is 19.8 Å². The Morgan fingerprint density at radius 2 is 1.80 bits per heavy atom. The Kier molecular flexibility index (Phi) is 3.31. The van der Waals surface area contributed by atoms with Crippen LogP contribution in [0.15, 0.2) is 33.6 Å². The smallest absolute Gasteiger partial charge is 0.283 e. The van der Waals surface area contributed by atoms with E-state index in [9.17, 15) is 8.42 Å². The first-order valence-electron chi connectivity index (χ1n) is 4.24. The first-order valence-corrected chi connectivity index (χ1v) is 5.68. The van der Waals surface area contributed by atoms with Gasteiger partial charge in [0.05, 0.1) is 4.90 Å². The molecule has 0 aliphatic heterocycles. The van der Waals surface area contributed by atoms with E-state index >= 15 is 0 Å². The summed E-state index contributed by atoms with van der Waals surface area (Å²) >= 11 is 0. The normalized spacial score (nSPS) is 11.9. The minimum absolute atomic E-state index is 0.134. The summed E-state index contributed by atoms with van der Waals surface area (Å²) in [5.74, 6) is 0. The van der Waals surface area contributed by atoms with E-state index in [1.807, 2.05) is 0 Å². The molecule has 0 atom stereocenters. The second-order valence-electron chi connectivity index (χ2n) is 3.23. The van der Waals surface area contributed by atoms with Gasteiger partial charge in [-0.1, -0.05) is 0 Å². The highest BCUT2D eigenvalue weighted by molar-refractivity contribution is 7.90. The summed E-state index contributed by atoms with van der Waals surface area (Å²) in [4.78, 5) is 1.68. The van der Waals surface area contributed by atoms with E-state index < -0.39 is 10.0 Å². The Labute approximate surface area is 89.3 Å². The SMILES string of the molecule is CN(C)C=NS(=O)(=O)c1ccc(N)cc1. The van der Waals surface area contributed by atoms with E-state index in [2.05, 4.69) is 4.40 Å². The molecule has 0 unspecified atom stereocenters. The quantitative estimate of drug-likeness (QED) is 0.465. The van der Waals surface area contributed by atoms with Gasteiger partial charge in [-0.05, 0) is 24.3 Å². The van der Waals surface area contributed by atoms with Crippen LogP contribution < -0.4 is 5.73 Å². The Bertz CT molecular complexity index is 449. The molecule has 6 heteroatoms. The van der Waals surface area contributed by atoms with Crippen LogP contribution in [0.4, 0.5) is 5.69 Å². The fourth-order valence-corrected chi connectivity index (χ4v) is 1.77. The summed E-state index contributed by atoms with van der Waals surface area (Å²) in [6.45, 7) is 0. The molecular formula is C9H13N3O2S. The van der Waals surface area contributed by atoms with Crippen LogP contribution in [0.5, 0.6) is 0 Å². The Hall–Kier alpha value is -1.56. The van der Waals surface area contributed by atoms with Gasteiger partial charge in [0.2, 0.25) is 0 Å². The van der Waals surface area contributed by atoms with Crippen molar-refractivity contribution in [1.29, 1.82) is 0 Å². The van der Waals surface area contributed by atoms with Crippen molar-refractivity contribution in [3.63, 3.8) is 0 Å². The minimum atomic E-state index is -3.60. The van der Waals surface area contributed by atoms with Crippen LogP contribution in [0.25, 0.3) is 0 Å². The van der Waals surface area contributed by atoms with Crippen LogP contribution in [-0.2, 0) is 10.0 Å². The molecule has 0 bridgehead atoms. The van der Waals surface area contributed by atoms with Crippen molar-refractivity contribution < 1.29 is 8.42 Å². The van der Waals surface area contributed by atoms with Crippen LogP contribution in [0.2, 0.25) is 0 Å². The van der Waals surface area contributed by atoms with E-state index in [4.69, 9.17) is 5.73 Å². The zero-order valence-corrected chi connectivity index (χ0v) is 9.40. The fourth-order valence-electron chi connectivity index (χ4n) is 0.857. The van der Waals surface area contributed by atoms with Gasteiger partial charge in [-0.2, -0.15) is 8.42 Å². The highest BCUT2D eigenvalue weighted by atomic mass is 32.2. The molecule has 0 amide bonds. The van der Waals surface area contributed by atoms with E-state index in [1.54, 1.807) is 19.0 Å². The lowest BCUT2D eigenvalue weighted by molar-refractivity contribution is 0.595. The number of nitrogens with two attached hydrogens (primary N) is 1. The van der Waals surface area contributed by atoms with Crippen molar-refractivity contribution in [2.75, 3.05) is 19.8 Å². The third kappa shape index (κ3) is 3.25. The van der Waals surface area contributed by atoms with Crippen LogP contribution in [0.3, 0.4) is 0 Å². The molecule has 0 spiro atoms. The monoisotopic (exact) mass is 227 g/mol. The average Bonchev–Trinajstić information content (AvgIpc) is 2.16. The lowest BCUT2D eigenvalue weighted by Gasteiger charge is -2.03. The lowest BCUT2D eigenvalue weighted by Crippen LogP contribution is -2.10. The van der Waals surface area contributed by atoms with Crippen LogP contribution in [0.1, 0.15) is 0 Å². The number of anilines is 1. The summed E-state index contributed by atoms with van der Waals surface area (Å²) in [5, 5.41) is 0. The number of nitrogens with zero attached hydrogens (tertiary/aromatic N) is 2. The molecule has 0 radical (unpaired) electrons. The Balaban J connectivity index is 3.02. The second-order valence-corrected chi connectivity index (χ2v) is 4.86. The van der Waals surface area contributed by atoms with E-state index in [0.717, 1.165) is 0 Å². The molecule has 0 heterocycles. The third-order valence-electron chi connectivity index (χ3n) is 1.59. The predicted molar refractivity (Wildman–Crippen MR) is 60.2 cm³/mol. The maximum Gasteiger partial charge on any atom is 0.283 e. The molecule has 2 N–H and O–H groups in total. The molecular weight excluding hydrogens is 214 g/mol. The molecule has 82 valence electrons. The number of benzene rings is 1. The van der Waals surface area contributed by atoms with Crippen molar-refractivity contribution >= 4 is 22.0 Å². The Morgan fingerprint density at radius 3 is 2.27 bits per heavy atom. The van der Waals surface area contributed by atoms with Crippen LogP contribution >= 0.6 is 0 Å². The first kappa shape index (κ1) is 11.5. The average molecular weight is 227 g/mol. The molecule has 0 aromatic heterocycles. The van der Waals surface area contributed by atoms with Crippen LogP contribution in [-0.4, -0.2) is 33.8 Å². The molecule has 0 saturated carbocycles. The summed E-state index contributed by atoms with van der Waals surface area (Å²) in [7, 11) is -0.207. The summed E-state index contributed by atoms with van der Waals surface area (Å²) in [6, 6.07) is 5.91. The Morgan fingerprint density at radius 1 is 1.27 bits per heavy atom. The molecule has 0 saturated heterocycles. The molecule has 15 heavy (non-hydrogen) atoms. The maximum absolute atomic E-state index is 11.6. The zero-order chi connectivity index (χ0) is 11.5. The van der Waals surface area contributed by atoms with Crippen molar-refractivity contribution in [1.82, 2.24) is 4.90 Å². The van der Waals surface area contributed by atoms with Crippen molar-refractivity contribution in [3.8, 4) is 0 Å². The number of hydrogen-bond acceptors (Lipinski definition) is 3. The van der Waals surface area contributed by atoms with Crippen molar-refractivity contribution in [3.05, 3.63) is 24.3 Å². The maximum atomic E-state index is 11.6. The molecule has 1 rings (SSSR count).